The zero-order valence-corrected chi connectivity index (χ0v) is 14.9. The van der Waals surface area contributed by atoms with Crippen LogP contribution in [0.1, 0.15) is 54.4 Å². The lowest BCUT2D eigenvalue weighted by molar-refractivity contribution is 0.0145. The third-order valence-electron chi connectivity index (χ3n) is 2.22. The largest absolute Gasteiger partial charge is 0.443 e. The molecule has 0 aromatic rings. The van der Waals surface area contributed by atoms with Gasteiger partial charge in [-0.2, -0.15) is 0 Å². The number of hydrogen-bond donors (Lipinski definition) is 2. The number of aliphatic hydroxyl groups is 1. The van der Waals surface area contributed by atoms with Crippen LogP contribution in [-0.2, 0) is 9.47 Å². The van der Waals surface area contributed by atoms with E-state index in [1.807, 2.05) is 0 Å². The summed E-state index contributed by atoms with van der Waals surface area (Å²) in [4.78, 5) is 29.0. The van der Waals surface area contributed by atoms with Crippen LogP contribution in [0, 0.1) is 0 Å². The van der Waals surface area contributed by atoms with E-state index in [0.717, 1.165) is 0 Å². The third-order valence-corrected chi connectivity index (χ3v) is 2.22. The second kappa shape index (κ2) is 8.71. The molecule has 0 unspecified atom stereocenters. The van der Waals surface area contributed by atoms with Gasteiger partial charge in [0, 0.05) is 13.2 Å². The van der Waals surface area contributed by atoms with Gasteiger partial charge < -0.3 is 20.3 Å². The maximum absolute atomic E-state index is 12.2. The normalized spacial score (nSPS) is 12.7. The molecule has 0 heterocycles. The first kappa shape index (κ1) is 21.2. The number of nitrogens with two attached hydrogens (primary N) is 1. The Morgan fingerprint density at radius 3 is 1.78 bits per heavy atom. The molecule has 0 aromatic carbocycles. The van der Waals surface area contributed by atoms with Crippen molar-refractivity contribution < 1.29 is 24.2 Å². The molecule has 23 heavy (non-hydrogen) atoms. The zero-order valence-electron chi connectivity index (χ0n) is 14.9. The summed E-state index contributed by atoms with van der Waals surface area (Å²) >= 11 is 0. The van der Waals surface area contributed by atoms with Crippen LogP contribution in [-0.4, -0.2) is 52.5 Å². The molecule has 3 N–H and O–H groups in total. The van der Waals surface area contributed by atoms with Gasteiger partial charge in [-0.15, -0.1) is 4.90 Å². The molecule has 0 aliphatic heterocycles. The van der Waals surface area contributed by atoms with Gasteiger partial charge >= 0.3 is 12.2 Å². The van der Waals surface area contributed by atoms with Gasteiger partial charge in [-0.25, -0.2) is 9.59 Å². The molecule has 8 heteroatoms. The van der Waals surface area contributed by atoms with Crippen molar-refractivity contribution in [2.45, 2.75) is 65.6 Å². The van der Waals surface area contributed by atoms with E-state index >= 15 is 0 Å². The molecule has 0 saturated carbocycles. The van der Waals surface area contributed by atoms with Gasteiger partial charge in [0.1, 0.15) is 11.2 Å². The summed E-state index contributed by atoms with van der Waals surface area (Å²) in [6.07, 6.45) is -0.770. The topological polar surface area (TPSA) is 114 Å². The number of ether oxygens (including phenoxy) is 2. The maximum Gasteiger partial charge on any atom is 0.427 e. The van der Waals surface area contributed by atoms with Crippen LogP contribution in [0.15, 0.2) is 4.99 Å². The zero-order chi connectivity index (χ0) is 18.3. The fraction of sp³-hybridized carbons (Fsp3) is 0.800. The molecule has 0 saturated heterocycles. The smallest absolute Gasteiger partial charge is 0.427 e. The van der Waals surface area contributed by atoms with E-state index in [2.05, 4.69) is 4.99 Å². The minimum atomic E-state index is -0.949. The second-order valence-electron chi connectivity index (χ2n) is 6.97. The number of rotatable bonds is 4. The number of hydrogen-bond acceptors (Lipinski definition) is 6. The summed E-state index contributed by atoms with van der Waals surface area (Å²) in [7, 11) is 0. The van der Waals surface area contributed by atoms with E-state index in [9.17, 15) is 9.59 Å². The Kier molecular flexibility index (Phi) is 8.02. The quantitative estimate of drug-likeness (QED) is 0.464. The van der Waals surface area contributed by atoms with E-state index in [1.165, 1.54) is 0 Å². The van der Waals surface area contributed by atoms with E-state index in [1.54, 1.807) is 41.5 Å². The lowest BCUT2D eigenvalue weighted by Crippen LogP contribution is -2.50. The lowest BCUT2D eigenvalue weighted by atomic mass is 10.2. The van der Waals surface area contributed by atoms with E-state index in [0.29, 0.717) is 17.7 Å². The predicted octanol–water partition coefficient (Wildman–Crippen LogP) is 2.25. The highest BCUT2D eigenvalue weighted by Gasteiger charge is 2.33. The maximum atomic E-state index is 12.2. The molecular formula is C15H29N3O5. The number of aliphatic imine (C=N–C) groups is 1. The molecule has 0 spiro atoms. The fourth-order valence-corrected chi connectivity index (χ4v) is 1.36. The van der Waals surface area contributed by atoms with Gasteiger partial charge in [0.2, 0.25) is 5.96 Å². The van der Waals surface area contributed by atoms with E-state index in [4.69, 9.17) is 20.3 Å². The second-order valence-corrected chi connectivity index (χ2v) is 6.97. The molecule has 8 nitrogen and oxygen atoms in total. The molecule has 2 amide bonds. The SMILES string of the molecule is CC(C)(C)OC(=O)N(C(=O)OC(C)(C)C)C(N)=NCCCCO. The number of amides is 2. The number of carbonyl (C=O) groups excluding carboxylic acids is 2. The molecule has 0 aliphatic rings. The molecule has 0 radical (unpaired) electrons. The van der Waals surface area contributed by atoms with Crippen molar-refractivity contribution in [1.82, 2.24) is 4.90 Å². The summed E-state index contributed by atoms with van der Waals surface area (Å²) in [6.45, 7) is 10.4. The molecule has 0 bridgehead atoms. The first-order valence-electron chi connectivity index (χ1n) is 7.54. The van der Waals surface area contributed by atoms with Crippen molar-refractivity contribution >= 4 is 18.1 Å². The standard InChI is InChI=1S/C15H29N3O5/c1-14(2,3)22-12(20)18(13(21)23-15(4,5)6)11(16)17-9-7-8-10-19/h19H,7-10H2,1-6H3,(H2,16,17). The fourth-order valence-electron chi connectivity index (χ4n) is 1.36. The average Bonchev–Trinajstić information content (AvgIpc) is 2.30. The molecule has 0 atom stereocenters. The molecular weight excluding hydrogens is 302 g/mol. The van der Waals surface area contributed by atoms with Crippen molar-refractivity contribution in [2.75, 3.05) is 13.2 Å². The van der Waals surface area contributed by atoms with Crippen LogP contribution in [0.25, 0.3) is 0 Å². The highest BCUT2D eigenvalue weighted by atomic mass is 16.6. The van der Waals surface area contributed by atoms with Crippen molar-refractivity contribution in [3.8, 4) is 0 Å². The van der Waals surface area contributed by atoms with E-state index in [-0.39, 0.29) is 19.1 Å². The number of guanidine groups is 1. The Balaban J connectivity index is 5.20. The van der Waals surface area contributed by atoms with Gasteiger partial charge in [-0.05, 0) is 54.4 Å². The number of imide groups is 1. The number of aliphatic hydroxyl groups excluding tert-OH is 1. The molecule has 0 aliphatic carbocycles. The highest BCUT2D eigenvalue weighted by Crippen LogP contribution is 2.14. The van der Waals surface area contributed by atoms with Gasteiger partial charge in [-0.1, -0.05) is 0 Å². The summed E-state index contributed by atoms with van der Waals surface area (Å²) < 4.78 is 10.3. The minimum absolute atomic E-state index is 0.0390. The van der Waals surface area contributed by atoms with E-state index < -0.39 is 23.4 Å². The average molecular weight is 331 g/mol. The van der Waals surface area contributed by atoms with Gasteiger partial charge in [0.25, 0.3) is 0 Å². The number of unbranched alkanes of at least 4 members (excludes halogenated alkanes) is 1. The Labute approximate surface area is 137 Å². The van der Waals surface area contributed by atoms with Crippen LogP contribution in [0.5, 0.6) is 0 Å². The van der Waals surface area contributed by atoms with Gasteiger partial charge in [-0.3, -0.25) is 4.99 Å². The number of nitrogens with zero attached hydrogens (tertiary/aromatic N) is 2. The van der Waals surface area contributed by atoms with Crippen molar-refractivity contribution in [3.63, 3.8) is 0 Å². The molecule has 0 fully saturated rings. The minimum Gasteiger partial charge on any atom is -0.443 e. The summed E-state index contributed by atoms with van der Waals surface area (Å²) in [5.74, 6) is -0.300. The summed E-state index contributed by atoms with van der Waals surface area (Å²) in [6, 6.07) is 0. The van der Waals surface area contributed by atoms with Gasteiger partial charge in [0.05, 0.1) is 0 Å². The Morgan fingerprint density at radius 2 is 1.43 bits per heavy atom. The van der Waals surface area contributed by atoms with Crippen molar-refractivity contribution in [2.24, 2.45) is 10.7 Å². The van der Waals surface area contributed by atoms with Crippen LogP contribution in [0.4, 0.5) is 9.59 Å². The highest BCUT2D eigenvalue weighted by molar-refractivity contribution is 6.07. The molecule has 0 aromatic heterocycles. The van der Waals surface area contributed by atoms with Crippen LogP contribution in [0.3, 0.4) is 0 Å². The van der Waals surface area contributed by atoms with Crippen LogP contribution in [0.2, 0.25) is 0 Å². The summed E-state index contributed by atoms with van der Waals surface area (Å²) in [5, 5.41) is 8.73. The molecule has 134 valence electrons. The Hall–Kier alpha value is -1.83. The first-order chi connectivity index (χ1) is 10.4. The Bertz CT molecular complexity index is 407. The van der Waals surface area contributed by atoms with Crippen LogP contribution >= 0.6 is 0 Å². The molecule has 0 rings (SSSR count). The van der Waals surface area contributed by atoms with Crippen molar-refractivity contribution in [1.29, 1.82) is 0 Å². The lowest BCUT2D eigenvalue weighted by Gasteiger charge is -2.27. The Morgan fingerprint density at radius 1 is 1.00 bits per heavy atom. The first-order valence-corrected chi connectivity index (χ1v) is 7.54. The van der Waals surface area contributed by atoms with Gasteiger partial charge in [0.15, 0.2) is 0 Å². The number of carbonyl (C=O) groups is 2. The predicted molar refractivity (Wildman–Crippen MR) is 87.1 cm³/mol. The monoisotopic (exact) mass is 331 g/mol. The van der Waals surface area contributed by atoms with Crippen molar-refractivity contribution in [3.05, 3.63) is 0 Å². The summed E-state index contributed by atoms with van der Waals surface area (Å²) in [5.41, 5.74) is 4.16. The third kappa shape index (κ3) is 9.72. The van der Waals surface area contributed by atoms with Crippen LogP contribution < -0.4 is 5.73 Å².